The van der Waals surface area contributed by atoms with E-state index in [9.17, 15) is 0 Å². The van der Waals surface area contributed by atoms with Gasteiger partial charge in [-0.15, -0.1) is 11.6 Å². The summed E-state index contributed by atoms with van der Waals surface area (Å²) in [6.07, 6.45) is 6.24. The van der Waals surface area contributed by atoms with E-state index in [0.717, 1.165) is 6.54 Å². The lowest BCUT2D eigenvalue weighted by Crippen LogP contribution is -2.38. The summed E-state index contributed by atoms with van der Waals surface area (Å²) in [7, 11) is 0. The molecule has 3 heteroatoms. The average Bonchev–Trinajstić information content (AvgIpc) is 2.58. The standard InChI is InChI=1S/C12H17ClN2/c1-12(2)5-3-7-15(12)11-9-14-6-4-10(11)8-13/h4,6,9H,3,5,7-8H2,1-2H3. The van der Waals surface area contributed by atoms with Gasteiger partial charge in [0.2, 0.25) is 0 Å². The van der Waals surface area contributed by atoms with Crippen molar-refractivity contribution >= 4 is 17.3 Å². The van der Waals surface area contributed by atoms with Crippen LogP contribution in [-0.2, 0) is 5.88 Å². The number of alkyl halides is 1. The maximum atomic E-state index is 5.95. The molecule has 0 aliphatic carbocycles. The lowest BCUT2D eigenvalue weighted by atomic mass is 10.0. The minimum absolute atomic E-state index is 0.240. The second kappa shape index (κ2) is 4.01. The Hall–Kier alpha value is -0.760. The largest absolute Gasteiger partial charge is 0.365 e. The van der Waals surface area contributed by atoms with Crippen molar-refractivity contribution in [2.45, 2.75) is 38.1 Å². The molecule has 1 aliphatic rings. The van der Waals surface area contributed by atoms with E-state index in [1.165, 1.54) is 24.1 Å². The molecule has 0 amide bonds. The number of halogens is 1. The van der Waals surface area contributed by atoms with Crippen LogP contribution in [0.2, 0.25) is 0 Å². The van der Waals surface area contributed by atoms with Gasteiger partial charge < -0.3 is 4.90 Å². The molecule has 2 heterocycles. The Morgan fingerprint density at radius 3 is 2.93 bits per heavy atom. The zero-order chi connectivity index (χ0) is 10.9. The molecule has 0 aromatic carbocycles. The van der Waals surface area contributed by atoms with Crippen LogP contribution >= 0.6 is 11.6 Å². The minimum atomic E-state index is 0.240. The molecule has 0 atom stereocenters. The molecule has 0 bridgehead atoms. The molecular formula is C12H17ClN2. The van der Waals surface area contributed by atoms with Crippen molar-refractivity contribution in [2.75, 3.05) is 11.4 Å². The smallest absolute Gasteiger partial charge is 0.0601 e. The third kappa shape index (κ3) is 1.96. The minimum Gasteiger partial charge on any atom is -0.365 e. The number of pyridine rings is 1. The Balaban J connectivity index is 2.36. The van der Waals surface area contributed by atoms with E-state index in [4.69, 9.17) is 11.6 Å². The van der Waals surface area contributed by atoms with E-state index in [0.29, 0.717) is 5.88 Å². The van der Waals surface area contributed by atoms with Crippen LogP contribution in [0.4, 0.5) is 5.69 Å². The van der Waals surface area contributed by atoms with Gasteiger partial charge in [-0.25, -0.2) is 0 Å². The van der Waals surface area contributed by atoms with Crippen molar-refractivity contribution in [3.8, 4) is 0 Å². The summed E-state index contributed by atoms with van der Waals surface area (Å²) in [5, 5.41) is 0. The number of rotatable bonds is 2. The van der Waals surface area contributed by atoms with Crippen LogP contribution < -0.4 is 4.90 Å². The van der Waals surface area contributed by atoms with Gasteiger partial charge in [-0.1, -0.05) is 0 Å². The molecule has 0 spiro atoms. The fourth-order valence-corrected chi connectivity index (χ4v) is 2.55. The Labute approximate surface area is 96.3 Å². The zero-order valence-electron chi connectivity index (χ0n) is 9.33. The molecule has 15 heavy (non-hydrogen) atoms. The molecule has 2 rings (SSSR count). The molecule has 1 aliphatic heterocycles. The van der Waals surface area contributed by atoms with Crippen molar-refractivity contribution in [3.05, 3.63) is 24.0 Å². The highest BCUT2D eigenvalue weighted by atomic mass is 35.5. The molecule has 0 N–H and O–H groups in total. The summed E-state index contributed by atoms with van der Waals surface area (Å²) in [5.41, 5.74) is 2.63. The number of aromatic nitrogens is 1. The average molecular weight is 225 g/mol. The quantitative estimate of drug-likeness (QED) is 0.718. The van der Waals surface area contributed by atoms with Gasteiger partial charge in [0.15, 0.2) is 0 Å². The normalized spacial score (nSPS) is 19.5. The van der Waals surface area contributed by atoms with Gasteiger partial charge in [0.1, 0.15) is 0 Å². The molecular weight excluding hydrogens is 208 g/mol. The van der Waals surface area contributed by atoms with Crippen LogP contribution in [0.25, 0.3) is 0 Å². The number of hydrogen-bond donors (Lipinski definition) is 0. The van der Waals surface area contributed by atoms with Gasteiger partial charge in [0.25, 0.3) is 0 Å². The Morgan fingerprint density at radius 2 is 2.33 bits per heavy atom. The van der Waals surface area contributed by atoms with Crippen LogP contribution in [0.5, 0.6) is 0 Å². The molecule has 1 saturated heterocycles. The van der Waals surface area contributed by atoms with Crippen molar-refractivity contribution in [1.29, 1.82) is 0 Å². The van der Waals surface area contributed by atoms with E-state index in [2.05, 4.69) is 23.7 Å². The van der Waals surface area contributed by atoms with Crippen molar-refractivity contribution in [1.82, 2.24) is 4.98 Å². The summed E-state index contributed by atoms with van der Waals surface area (Å²) in [5.74, 6) is 0.560. The maximum Gasteiger partial charge on any atom is 0.0601 e. The lowest BCUT2D eigenvalue weighted by molar-refractivity contribution is 0.517. The van der Waals surface area contributed by atoms with Gasteiger partial charge in [-0.2, -0.15) is 0 Å². The Morgan fingerprint density at radius 1 is 1.53 bits per heavy atom. The maximum absolute atomic E-state index is 5.95. The molecule has 2 nitrogen and oxygen atoms in total. The lowest BCUT2D eigenvalue weighted by Gasteiger charge is -2.34. The van der Waals surface area contributed by atoms with Gasteiger partial charge in [-0.3, -0.25) is 4.98 Å². The fraction of sp³-hybridized carbons (Fsp3) is 0.583. The molecule has 1 aromatic rings. The van der Waals surface area contributed by atoms with E-state index in [1.807, 2.05) is 18.5 Å². The van der Waals surface area contributed by atoms with Crippen molar-refractivity contribution in [3.63, 3.8) is 0 Å². The predicted octanol–water partition coefficient (Wildman–Crippen LogP) is 3.20. The van der Waals surface area contributed by atoms with Gasteiger partial charge in [0.05, 0.1) is 11.9 Å². The topological polar surface area (TPSA) is 16.1 Å². The Bertz CT molecular complexity index is 349. The summed E-state index contributed by atoms with van der Waals surface area (Å²) < 4.78 is 0. The van der Waals surface area contributed by atoms with E-state index in [1.54, 1.807) is 0 Å². The van der Waals surface area contributed by atoms with E-state index >= 15 is 0 Å². The fourth-order valence-electron chi connectivity index (χ4n) is 2.32. The second-order valence-corrected chi connectivity index (χ2v) is 4.97. The zero-order valence-corrected chi connectivity index (χ0v) is 10.1. The summed E-state index contributed by atoms with van der Waals surface area (Å²) in [4.78, 5) is 6.63. The monoisotopic (exact) mass is 224 g/mol. The molecule has 82 valence electrons. The van der Waals surface area contributed by atoms with Gasteiger partial charge >= 0.3 is 0 Å². The summed E-state index contributed by atoms with van der Waals surface area (Å²) in [6, 6.07) is 2.01. The van der Waals surface area contributed by atoms with Crippen molar-refractivity contribution in [2.24, 2.45) is 0 Å². The van der Waals surface area contributed by atoms with Crippen molar-refractivity contribution < 1.29 is 0 Å². The number of hydrogen-bond acceptors (Lipinski definition) is 2. The summed E-state index contributed by atoms with van der Waals surface area (Å²) >= 11 is 5.95. The van der Waals surface area contributed by atoms with Crippen LogP contribution in [0.3, 0.4) is 0 Å². The van der Waals surface area contributed by atoms with Crippen LogP contribution in [0, 0.1) is 0 Å². The van der Waals surface area contributed by atoms with E-state index < -0.39 is 0 Å². The SMILES string of the molecule is CC1(C)CCCN1c1cnccc1CCl. The molecule has 0 radical (unpaired) electrons. The van der Waals surface area contributed by atoms with E-state index in [-0.39, 0.29) is 5.54 Å². The van der Waals surface area contributed by atoms with Gasteiger partial charge in [0, 0.05) is 24.2 Å². The highest BCUT2D eigenvalue weighted by Crippen LogP contribution is 2.35. The van der Waals surface area contributed by atoms with Crippen LogP contribution in [-0.4, -0.2) is 17.1 Å². The first-order valence-corrected chi connectivity index (χ1v) is 5.95. The number of anilines is 1. The highest BCUT2D eigenvalue weighted by Gasteiger charge is 2.32. The molecule has 0 saturated carbocycles. The first-order chi connectivity index (χ1) is 7.15. The van der Waals surface area contributed by atoms with Gasteiger partial charge in [-0.05, 0) is 38.3 Å². The Kier molecular flexibility index (Phi) is 2.87. The van der Waals surface area contributed by atoms with Crippen LogP contribution in [0.15, 0.2) is 18.5 Å². The highest BCUT2D eigenvalue weighted by molar-refractivity contribution is 6.17. The molecule has 0 unspecified atom stereocenters. The second-order valence-electron chi connectivity index (χ2n) is 4.71. The first-order valence-electron chi connectivity index (χ1n) is 5.41. The molecule has 1 fully saturated rings. The molecule has 1 aromatic heterocycles. The summed E-state index contributed by atoms with van der Waals surface area (Å²) in [6.45, 7) is 5.68. The number of nitrogens with zero attached hydrogens (tertiary/aromatic N) is 2. The van der Waals surface area contributed by atoms with Crippen LogP contribution in [0.1, 0.15) is 32.3 Å². The third-order valence-electron chi connectivity index (χ3n) is 3.22. The predicted molar refractivity (Wildman–Crippen MR) is 64.5 cm³/mol. The third-order valence-corrected chi connectivity index (χ3v) is 3.51. The first kappa shape index (κ1) is 10.7.